The van der Waals surface area contributed by atoms with Gasteiger partial charge >= 0.3 is 0 Å². The van der Waals surface area contributed by atoms with Gasteiger partial charge in [-0.1, -0.05) is 29.8 Å². The van der Waals surface area contributed by atoms with Crippen molar-refractivity contribution in [1.82, 2.24) is 5.32 Å². The molecule has 2 rings (SSSR count). The van der Waals surface area contributed by atoms with Crippen LogP contribution in [0.5, 0.6) is 0 Å². The second kappa shape index (κ2) is 8.18. The maximum absolute atomic E-state index is 12.0. The van der Waals surface area contributed by atoms with Crippen molar-refractivity contribution in [2.75, 3.05) is 19.0 Å². The molecule has 2 aromatic rings. The van der Waals surface area contributed by atoms with Gasteiger partial charge < -0.3 is 15.3 Å². The molecule has 0 fully saturated rings. The van der Waals surface area contributed by atoms with Gasteiger partial charge in [0.2, 0.25) is 5.91 Å². The van der Waals surface area contributed by atoms with Crippen LogP contribution in [0.1, 0.15) is 29.2 Å². The first-order valence-corrected chi connectivity index (χ1v) is 8.21. The Morgan fingerprint density at radius 3 is 2.46 bits per heavy atom. The van der Waals surface area contributed by atoms with Gasteiger partial charge in [0, 0.05) is 31.4 Å². The molecule has 5 heteroatoms. The predicted molar refractivity (Wildman–Crippen MR) is 98.4 cm³/mol. The minimum Gasteiger partial charge on any atom is -0.388 e. The molecule has 0 spiro atoms. The lowest BCUT2D eigenvalue weighted by Gasteiger charge is -2.16. The molecule has 0 aliphatic carbocycles. The van der Waals surface area contributed by atoms with E-state index in [1.807, 2.05) is 38.1 Å². The van der Waals surface area contributed by atoms with E-state index in [9.17, 15) is 9.90 Å². The van der Waals surface area contributed by atoms with Gasteiger partial charge in [0.15, 0.2) is 0 Å². The van der Waals surface area contributed by atoms with Crippen LogP contribution in [0.15, 0.2) is 42.5 Å². The van der Waals surface area contributed by atoms with Crippen molar-refractivity contribution in [1.29, 1.82) is 0 Å². The van der Waals surface area contributed by atoms with Crippen molar-refractivity contribution >= 4 is 23.2 Å². The number of anilines is 1. The highest BCUT2D eigenvalue weighted by Gasteiger charge is 2.13. The number of rotatable bonds is 6. The van der Waals surface area contributed by atoms with E-state index >= 15 is 0 Å². The monoisotopic (exact) mass is 346 g/mol. The summed E-state index contributed by atoms with van der Waals surface area (Å²) >= 11 is 5.82. The smallest absolute Gasteiger partial charge is 0.223 e. The van der Waals surface area contributed by atoms with Gasteiger partial charge in [-0.2, -0.15) is 0 Å². The lowest BCUT2D eigenvalue weighted by atomic mass is 10.1. The van der Waals surface area contributed by atoms with E-state index in [4.69, 9.17) is 11.6 Å². The number of aliphatic hydroxyl groups excluding tert-OH is 1. The molecule has 4 nitrogen and oxygen atoms in total. The average molecular weight is 347 g/mol. The van der Waals surface area contributed by atoms with Crippen LogP contribution < -0.4 is 10.2 Å². The third-order valence-electron chi connectivity index (χ3n) is 3.95. The summed E-state index contributed by atoms with van der Waals surface area (Å²) in [4.78, 5) is 14.1. The summed E-state index contributed by atoms with van der Waals surface area (Å²) in [6, 6.07) is 13.0. The molecule has 0 saturated carbocycles. The van der Waals surface area contributed by atoms with Crippen LogP contribution in [-0.2, 0) is 11.3 Å². The van der Waals surface area contributed by atoms with Crippen LogP contribution >= 0.6 is 11.6 Å². The Kier molecular flexibility index (Phi) is 6.23. The summed E-state index contributed by atoms with van der Waals surface area (Å²) in [5.41, 5.74) is 4.00. The first kappa shape index (κ1) is 18.3. The number of aliphatic hydroxyl groups is 1. The summed E-state index contributed by atoms with van der Waals surface area (Å²) < 4.78 is 0. The molecule has 0 saturated heterocycles. The number of benzene rings is 2. The van der Waals surface area contributed by atoms with Crippen molar-refractivity contribution in [3.05, 3.63) is 64.2 Å². The molecule has 2 N–H and O–H groups in total. The molecule has 0 heterocycles. The summed E-state index contributed by atoms with van der Waals surface area (Å²) in [7, 11) is 3.99. The topological polar surface area (TPSA) is 52.6 Å². The van der Waals surface area contributed by atoms with Crippen molar-refractivity contribution in [3.8, 4) is 0 Å². The van der Waals surface area contributed by atoms with Crippen LogP contribution in [0.2, 0.25) is 5.02 Å². The highest BCUT2D eigenvalue weighted by molar-refractivity contribution is 6.30. The number of hydrogen-bond donors (Lipinski definition) is 2. The van der Waals surface area contributed by atoms with Gasteiger partial charge in [-0.3, -0.25) is 4.79 Å². The zero-order valence-corrected chi connectivity index (χ0v) is 15.0. The lowest BCUT2D eigenvalue weighted by molar-refractivity contribution is -0.123. The second-order valence-corrected chi connectivity index (χ2v) is 6.49. The fraction of sp³-hybridized carbons (Fsp3) is 0.316. The maximum Gasteiger partial charge on any atom is 0.223 e. The van der Waals surface area contributed by atoms with Crippen LogP contribution in [-0.4, -0.2) is 25.1 Å². The first-order chi connectivity index (χ1) is 11.4. The second-order valence-electron chi connectivity index (χ2n) is 6.05. The summed E-state index contributed by atoms with van der Waals surface area (Å²) in [5.74, 6) is -0.187. The predicted octanol–water partition coefficient (Wildman–Crippen LogP) is 3.45. The number of nitrogens with zero attached hydrogens (tertiary/aromatic N) is 1. The molecule has 1 atom stereocenters. The Morgan fingerprint density at radius 2 is 1.88 bits per heavy atom. The Morgan fingerprint density at radius 1 is 1.21 bits per heavy atom. The quantitative estimate of drug-likeness (QED) is 0.842. The van der Waals surface area contributed by atoms with E-state index in [2.05, 4.69) is 11.4 Å². The molecule has 2 aromatic carbocycles. The van der Waals surface area contributed by atoms with E-state index in [1.165, 1.54) is 0 Å². The fourth-order valence-electron chi connectivity index (χ4n) is 2.40. The summed E-state index contributed by atoms with van der Waals surface area (Å²) in [6.45, 7) is 2.47. The molecular weight excluding hydrogens is 324 g/mol. The van der Waals surface area contributed by atoms with E-state index < -0.39 is 6.10 Å². The Bertz CT molecular complexity index is 699. The number of carbonyl (C=O) groups excluding carboxylic acids is 1. The van der Waals surface area contributed by atoms with Crippen LogP contribution in [0.4, 0.5) is 5.69 Å². The van der Waals surface area contributed by atoms with Gasteiger partial charge in [0.05, 0.1) is 12.5 Å². The number of carbonyl (C=O) groups is 1. The molecule has 1 amide bonds. The van der Waals surface area contributed by atoms with Crippen molar-refractivity contribution in [2.45, 2.75) is 26.0 Å². The minimum absolute atomic E-state index is 0.0243. The fourth-order valence-corrected chi connectivity index (χ4v) is 2.53. The lowest BCUT2D eigenvalue weighted by Crippen LogP contribution is -2.25. The minimum atomic E-state index is -0.834. The third kappa shape index (κ3) is 4.98. The van der Waals surface area contributed by atoms with E-state index in [1.54, 1.807) is 24.3 Å². The van der Waals surface area contributed by atoms with E-state index in [0.717, 1.165) is 16.8 Å². The standard InChI is InChI=1S/C19H23ClN2O2/c1-13-10-17(22(2)3)9-6-15(13)12-21-19(24)11-18(23)14-4-7-16(20)8-5-14/h4-10,18,23H,11-12H2,1-3H3,(H,21,24). The number of hydrogen-bond acceptors (Lipinski definition) is 3. The molecule has 0 radical (unpaired) electrons. The average Bonchev–Trinajstić information content (AvgIpc) is 2.54. The molecule has 24 heavy (non-hydrogen) atoms. The van der Waals surface area contributed by atoms with Crippen LogP contribution in [0, 0.1) is 6.92 Å². The molecule has 1 unspecified atom stereocenters. The highest BCUT2D eigenvalue weighted by atomic mass is 35.5. The Hall–Kier alpha value is -2.04. The van der Waals surface area contributed by atoms with Gasteiger partial charge in [-0.25, -0.2) is 0 Å². The molecular formula is C19H23ClN2O2. The summed E-state index contributed by atoms with van der Waals surface area (Å²) in [6.07, 6.45) is -0.810. The zero-order chi connectivity index (χ0) is 17.7. The normalized spacial score (nSPS) is 11.9. The largest absolute Gasteiger partial charge is 0.388 e. The first-order valence-electron chi connectivity index (χ1n) is 7.84. The van der Waals surface area contributed by atoms with E-state index in [-0.39, 0.29) is 12.3 Å². The van der Waals surface area contributed by atoms with Gasteiger partial charge in [-0.05, 0) is 47.9 Å². The SMILES string of the molecule is Cc1cc(N(C)C)ccc1CNC(=O)CC(O)c1ccc(Cl)cc1. The van der Waals surface area contributed by atoms with E-state index in [0.29, 0.717) is 17.1 Å². The van der Waals surface area contributed by atoms with Crippen molar-refractivity contribution in [3.63, 3.8) is 0 Å². The number of nitrogens with one attached hydrogen (secondary N) is 1. The van der Waals surface area contributed by atoms with Crippen LogP contribution in [0.3, 0.4) is 0 Å². The van der Waals surface area contributed by atoms with Gasteiger partial charge in [-0.15, -0.1) is 0 Å². The number of amides is 1. The molecule has 128 valence electrons. The molecule has 0 aliphatic rings. The van der Waals surface area contributed by atoms with Crippen molar-refractivity contribution in [2.24, 2.45) is 0 Å². The zero-order valence-electron chi connectivity index (χ0n) is 14.2. The van der Waals surface area contributed by atoms with Gasteiger partial charge in [0.25, 0.3) is 0 Å². The number of halogens is 1. The third-order valence-corrected chi connectivity index (χ3v) is 4.20. The van der Waals surface area contributed by atoms with Crippen LogP contribution in [0.25, 0.3) is 0 Å². The van der Waals surface area contributed by atoms with Crippen molar-refractivity contribution < 1.29 is 9.90 Å². The highest BCUT2D eigenvalue weighted by Crippen LogP contribution is 2.20. The summed E-state index contributed by atoms with van der Waals surface area (Å²) in [5, 5.41) is 13.6. The Labute approximate surface area is 148 Å². The molecule has 0 bridgehead atoms. The number of aryl methyl sites for hydroxylation is 1. The Balaban J connectivity index is 1.90. The van der Waals surface area contributed by atoms with Gasteiger partial charge in [0.1, 0.15) is 0 Å². The maximum atomic E-state index is 12.0. The molecule has 0 aromatic heterocycles. The molecule has 0 aliphatic heterocycles.